The van der Waals surface area contributed by atoms with Crippen molar-refractivity contribution in [3.05, 3.63) is 54.1 Å². The quantitative estimate of drug-likeness (QED) is 0.920. The van der Waals surface area contributed by atoms with Gasteiger partial charge in [-0.2, -0.15) is 0 Å². The Morgan fingerprint density at radius 2 is 1.62 bits per heavy atom. The molecule has 24 heavy (non-hydrogen) atoms. The van der Waals surface area contributed by atoms with Gasteiger partial charge in [0.05, 0.1) is 10.6 Å². The van der Waals surface area contributed by atoms with Gasteiger partial charge in [-0.15, -0.1) is 0 Å². The summed E-state index contributed by atoms with van der Waals surface area (Å²) in [6.45, 7) is 0.603. The van der Waals surface area contributed by atoms with Crippen LogP contribution < -0.4 is 9.62 Å². The molecule has 0 atom stereocenters. The highest BCUT2D eigenvalue weighted by atomic mass is 32.2. The molecule has 0 spiro atoms. The van der Waals surface area contributed by atoms with E-state index >= 15 is 0 Å². The minimum Gasteiger partial charge on any atom is -0.312 e. The molecular formula is C16H14F2N2O3S. The van der Waals surface area contributed by atoms with E-state index in [0.717, 1.165) is 18.6 Å². The molecule has 1 aliphatic heterocycles. The van der Waals surface area contributed by atoms with Gasteiger partial charge >= 0.3 is 0 Å². The van der Waals surface area contributed by atoms with E-state index in [1.807, 2.05) is 0 Å². The number of halogens is 2. The first-order valence-corrected chi connectivity index (χ1v) is 8.73. The average Bonchev–Trinajstić information content (AvgIpc) is 2.92. The fourth-order valence-corrected chi connectivity index (χ4v) is 3.59. The number of carbonyl (C=O) groups is 1. The van der Waals surface area contributed by atoms with Crippen molar-refractivity contribution in [1.82, 2.24) is 0 Å². The van der Waals surface area contributed by atoms with Gasteiger partial charge in [-0.3, -0.25) is 9.52 Å². The molecule has 0 bridgehead atoms. The van der Waals surface area contributed by atoms with Crippen LogP contribution in [0.4, 0.5) is 20.2 Å². The summed E-state index contributed by atoms with van der Waals surface area (Å²) in [5.41, 5.74) is 0.416. The van der Waals surface area contributed by atoms with Gasteiger partial charge in [0, 0.05) is 24.7 Å². The Balaban J connectivity index is 1.83. The van der Waals surface area contributed by atoms with Crippen molar-refractivity contribution in [3.63, 3.8) is 0 Å². The zero-order valence-corrected chi connectivity index (χ0v) is 13.3. The van der Waals surface area contributed by atoms with Gasteiger partial charge in [0.2, 0.25) is 5.91 Å². The monoisotopic (exact) mass is 352 g/mol. The lowest BCUT2D eigenvalue weighted by molar-refractivity contribution is -0.117. The van der Waals surface area contributed by atoms with Crippen molar-refractivity contribution >= 4 is 27.3 Å². The lowest BCUT2D eigenvalue weighted by atomic mass is 10.3. The van der Waals surface area contributed by atoms with E-state index < -0.39 is 21.7 Å². The Kier molecular flexibility index (Phi) is 4.23. The van der Waals surface area contributed by atoms with Gasteiger partial charge in [-0.05, 0) is 42.8 Å². The zero-order valence-electron chi connectivity index (χ0n) is 12.5. The first kappa shape index (κ1) is 16.4. The third kappa shape index (κ3) is 3.38. The van der Waals surface area contributed by atoms with Gasteiger partial charge in [0.25, 0.3) is 10.0 Å². The molecule has 1 saturated heterocycles. The van der Waals surface area contributed by atoms with E-state index in [9.17, 15) is 22.0 Å². The summed E-state index contributed by atoms with van der Waals surface area (Å²) >= 11 is 0. The van der Waals surface area contributed by atoms with Crippen molar-refractivity contribution in [1.29, 1.82) is 0 Å². The van der Waals surface area contributed by atoms with Crippen LogP contribution in [0.3, 0.4) is 0 Å². The molecule has 1 heterocycles. The van der Waals surface area contributed by atoms with Crippen molar-refractivity contribution < 1.29 is 22.0 Å². The lowest BCUT2D eigenvalue weighted by Crippen LogP contribution is -2.23. The number of rotatable bonds is 4. The molecule has 3 rings (SSSR count). The molecular weight excluding hydrogens is 338 g/mol. The summed E-state index contributed by atoms with van der Waals surface area (Å²) in [6.07, 6.45) is 1.25. The van der Waals surface area contributed by atoms with Gasteiger partial charge in [0.1, 0.15) is 11.6 Å². The average molecular weight is 352 g/mol. The molecule has 2 aromatic carbocycles. The third-order valence-electron chi connectivity index (χ3n) is 3.65. The number of benzene rings is 2. The van der Waals surface area contributed by atoms with Crippen LogP contribution >= 0.6 is 0 Å². The van der Waals surface area contributed by atoms with Gasteiger partial charge in [-0.25, -0.2) is 17.2 Å². The van der Waals surface area contributed by atoms with Gasteiger partial charge in [0.15, 0.2) is 0 Å². The maximum Gasteiger partial charge on any atom is 0.261 e. The molecule has 126 valence electrons. The van der Waals surface area contributed by atoms with Crippen LogP contribution in [0.15, 0.2) is 47.4 Å². The molecule has 8 heteroatoms. The Morgan fingerprint density at radius 1 is 1.00 bits per heavy atom. The van der Waals surface area contributed by atoms with Crippen LogP contribution in [0.1, 0.15) is 12.8 Å². The first-order valence-electron chi connectivity index (χ1n) is 7.24. The van der Waals surface area contributed by atoms with Crippen molar-refractivity contribution in [3.8, 4) is 0 Å². The fraction of sp³-hybridized carbons (Fsp3) is 0.188. The van der Waals surface area contributed by atoms with Crippen LogP contribution in [0.5, 0.6) is 0 Å². The predicted octanol–water partition coefficient (Wildman–Crippen LogP) is 2.89. The highest BCUT2D eigenvalue weighted by Crippen LogP contribution is 2.24. The number of anilines is 2. The SMILES string of the molecule is O=C1CCCN1c1ccc(S(=O)(=O)Nc2cc(F)cc(F)c2)cc1. The summed E-state index contributed by atoms with van der Waals surface area (Å²) in [5.74, 6) is -1.76. The van der Waals surface area contributed by atoms with Crippen LogP contribution in [0, 0.1) is 11.6 Å². The molecule has 1 N–H and O–H groups in total. The summed E-state index contributed by atoms with van der Waals surface area (Å²) in [4.78, 5) is 13.2. The van der Waals surface area contributed by atoms with E-state index in [1.54, 1.807) is 4.90 Å². The zero-order chi connectivity index (χ0) is 17.3. The maximum absolute atomic E-state index is 13.2. The minimum absolute atomic E-state index is 0.000955. The largest absolute Gasteiger partial charge is 0.312 e. The molecule has 0 aliphatic carbocycles. The number of nitrogens with zero attached hydrogens (tertiary/aromatic N) is 1. The Hall–Kier alpha value is -2.48. The molecule has 1 fully saturated rings. The molecule has 0 radical (unpaired) electrons. The van der Waals surface area contributed by atoms with E-state index in [-0.39, 0.29) is 16.5 Å². The van der Waals surface area contributed by atoms with E-state index in [1.165, 1.54) is 24.3 Å². The van der Waals surface area contributed by atoms with Crippen molar-refractivity contribution in [2.45, 2.75) is 17.7 Å². The maximum atomic E-state index is 13.2. The molecule has 0 saturated carbocycles. The molecule has 1 amide bonds. The Morgan fingerprint density at radius 3 is 2.17 bits per heavy atom. The number of carbonyl (C=O) groups excluding carboxylic acids is 1. The molecule has 0 unspecified atom stereocenters. The van der Waals surface area contributed by atoms with E-state index in [0.29, 0.717) is 24.7 Å². The number of nitrogens with one attached hydrogen (secondary N) is 1. The van der Waals surface area contributed by atoms with Crippen LogP contribution in [-0.4, -0.2) is 20.9 Å². The van der Waals surface area contributed by atoms with E-state index in [4.69, 9.17) is 0 Å². The number of hydrogen-bond acceptors (Lipinski definition) is 3. The summed E-state index contributed by atoms with van der Waals surface area (Å²) in [6, 6.07) is 8.18. The first-order chi connectivity index (χ1) is 11.3. The summed E-state index contributed by atoms with van der Waals surface area (Å²) < 4.78 is 53.0. The van der Waals surface area contributed by atoms with Crippen LogP contribution in [0.25, 0.3) is 0 Å². The second-order valence-electron chi connectivity index (χ2n) is 5.41. The summed E-state index contributed by atoms with van der Waals surface area (Å²) in [7, 11) is -3.99. The second kappa shape index (κ2) is 6.20. The number of hydrogen-bond donors (Lipinski definition) is 1. The van der Waals surface area contributed by atoms with Crippen LogP contribution in [0.2, 0.25) is 0 Å². The summed E-state index contributed by atoms with van der Waals surface area (Å²) in [5, 5.41) is 0. The molecule has 5 nitrogen and oxygen atoms in total. The van der Waals surface area contributed by atoms with Gasteiger partial charge in [-0.1, -0.05) is 0 Å². The van der Waals surface area contributed by atoms with E-state index in [2.05, 4.69) is 4.72 Å². The Bertz CT molecular complexity index is 862. The van der Waals surface area contributed by atoms with Crippen LogP contribution in [-0.2, 0) is 14.8 Å². The second-order valence-corrected chi connectivity index (χ2v) is 7.09. The normalized spacial score (nSPS) is 14.9. The minimum atomic E-state index is -3.99. The Labute approximate surface area is 138 Å². The topological polar surface area (TPSA) is 66.5 Å². The highest BCUT2D eigenvalue weighted by Gasteiger charge is 2.22. The predicted molar refractivity (Wildman–Crippen MR) is 85.2 cm³/mol. The fourth-order valence-electron chi connectivity index (χ4n) is 2.55. The smallest absolute Gasteiger partial charge is 0.261 e. The molecule has 2 aromatic rings. The van der Waals surface area contributed by atoms with Gasteiger partial charge < -0.3 is 4.90 Å². The number of amides is 1. The number of sulfonamides is 1. The van der Waals surface area contributed by atoms with Crippen molar-refractivity contribution in [2.75, 3.05) is 16.2 Å². The standard InChI is InChI=1S/C16H14F2N2O3S/c17-11-8-12(18)10-13(9-11)19-24(22,23)15-5-3-14(4-6-15)20-7-1-2-16(20)21/h3-6,8-10,19H,1-2,7H2. The lowest BCUT2D eigenvalue weighted by Gasteiger charge is -2.16. The van der Waals surface area contributed by atoms with Crippen molar-refractivity contribution in [2.24, 2.45) is 0 Å². The molecule has 0 aromatic heterocycles. The highest BCUT2D eigenvalue weighted by molar-refractivity contribution is 7.92. The molecule has 1 aliphatic rings. The third-order valence-corrected chi connectivity index (χ3v) is 5.04.